The first kappa shape index (κ1) is 36.3. The van der Waals surface area contributed by atoms with E-state index < -0.39 is 39.1 Å². The molecule has 43 heavy (non-hydrogen) atoms. The third kappa shape index (κ3) is 12.7. The zero-order valence-corrected chi connectivity index (χ0v) is 27.0. The van der Waals surface area contributed by atoms with Gasteiger partial charge in [-0.3, -0.25) is 13.9 Å². The number of carbonyl (C=O) groups excluding carboxylic acids is 3. The van der Waals surface area contributed by atoms with Gasteiger partial charge in [0.2, 0.25) is 11.9 Å². The van der Waals surface area contributed by atoms with Crippen LogP contribution in [0.15, 0.2) is 48.5 Å². The van der Waals surface area contributed by atoms with Gasteiger partial charge in [-0.15, -0.1) is 0 Å². The topological polar surface area (TPSA) is 153 Å². The Kier molecular flexibility index (Phi) is 15.3. The molecule has 0 bridgehead atoms. The highest BCUT2D eigenvalue weighted by molar-refractivity contribution is 7.53. The van der Waals surface area contributed by atoms with Crippen molar-refractivity contribution in [3.05, 3.63) is 70.8 Å². The molecule has 0 aliphatic heterocycles. The van der Waals surface area contributed by atoms with Crippen LogP contribution in [0.5, 0.6) is 0 Å². The van der Waals surface area contributed by atoms with Gasteiger partial charge < -0.3 is 32.9 Å². The zero-order chi connectivity index (χ0) is 31.9. The molecule has 0 saturated carbocycles. The highest BCUT2D eigenvalue weighted by Gasteiger charge is 2.31. The first-order valence-corrected chi connectivity index (χ1v) is 17.4. The van der Waals surface area contributed by atoms with Crippen molar-refractivity contribution >= 4 is 33.0 Å². The smallest absolute Gasteiger partial charge is 0.340 e. The van der Waals surface area contributed by atoms with Gasteiger partial charge in [0.1, 0.15) is 13.2 Å². The van der Waals surface area contributed by atoms with Crippen LogP contribution in [-0.2, 0) is 76.6 Å². The molecule has 1 amide bonds. The lowest BCUT2D eigenvalue weighted by molar-refractivity contribution is -0.161. The van der Waals surface area contributed by atoms with Crippen LogP contribution < -0.4 is 5.32 Å². The normalized spacial score (nSPS) is 11.8. The second-order valence-corrected chi connectivity index (χ2v) is 13.3. The summed E-state index contributed by atoms with van der Waals surface area (Å²) in [6.45, 7) is 8.77. The number of rotatable bonds is 19. The number of hydrogen-bond donors (Lipinski definition) is 1. The Bertz CT molecular complexity index is 1170. The lowest BCUT2D eigenvalue weighted by Crippen LogP contribution is -2.47. The van der Waals surface area contributed by atoms with Crippen LogP contribution in [0.25, 0.3) is 0 Å². The Hall–Kier alpha value is -2.85. The van der Waals surface area contributed by atoms with Crippen LogP contribution in [0.2, 0.25) is 0 Å². The van der Waals surface area contributed by atoms with Crippen molar-refractivity contribution in [3.63, 3.8) is 0 Å². The lowest BCUT2D eigenvalue weighted by Gasteiger charge is -2.18. The maximum Gasteiger partial charge on any atom is 0.340 e. The molecule has 0 spiro atoms. The minimum Gasteiger partial charge on any atom is -0.459 e. The SMILES string of the molecule is CCOP(=O)(Cc1ccc(COC(=O)C(NC(C)=O)C(=O)OCc2ccc(CP(=O)(OCC)OCC)cc2)cc1)OCC. The van der Waals surface area contributed by atoms with E-state index in [0.717, 1.165) is 6.92 Å². The number of ether oxygens (including phenoxy) is 2. The molecule has 2 aromatic carbocycles. The molecule has 0 heterocycles. The number of benzene rings is 2. The minimum absolute atomic E-state index is 0.0925. The summed E-state index contributed by atoms with van der Waals surface area (Å²) in [5.74, 6) is -2.59. The summed E-state index contributed by atoms with van der Waals surface area (Å²) >= 11 is 0. The molecule has 0 atom stereocenters. The van der Waals surface area contributed by atoms with Gasteiger partial charge in [-0.25, -0.2) is 9.59 Å². The van der Waals surface area contributed by atoms with E-state index in [2.05, 4.69) is 5.32 Å². The minimum atomic E-state index is -3.27. The van der Waals surface area contributed by atoms with Gasteiger partial charge in [-0.2, -0.15) is 0 Å². The Balaban J connectivity index is 1.96. The fraction of sp³-hybridized carbons (Fsp3) is 0.483. The van der Waals surface area contributed by atoms with Crippen LogP contribution in [0, 0.1) is 0 Å². The maximum absolute atomic E-state index is 12.8. The largest absolute Gasteiger partial charge is 0.459 e. The summed E-state index contributed by atoms with van der Waals surface area (Å²) in [6, 6.07) is 11.9. The second-order valence-electron chi connectivity index (χ2n) is 9.19. The number of hydrogen-bond acceptors (Lipinski definition) is 11. The Morgan fingerprint density at radius 2 is 0.907 bits per heavy atom. The van der Waals surface area contributed by atoms with Gasteiger partial charge in [0, 0.05) is 6.92 Å². The molecule has 0 fully saturated rings. The van der Waals surface area contributed by atoms with Crippen LogP contribution >= 0.6 is 15.2 Å². The molecule has 0 aliphatic rings. The van der Waals surface area contributed by atoms with Gasteiger partial charge in [0.25, 0.3) is 0 Å². The molecule has 0 radical (unpaired) electrons. The fourth-order valence-electron chi connectivity index (χ4n) is 3.87. The predicted molar refractivity (Wildman–Crippen MR) is 159 cm³/mol. The summed E-state index contributed by atoms with van der Waals surface area (Å²) in [4.78, 5) is 37.1. The van der Waals surface area contributed by atoms with Crippen LogP contribution in [0.1, 0.15) is 56.9 Å². The van der Waals surface area contributed by atoms with Crippen molar-refractivity contribution in [3.8, 4) is 0 Å². The van der Waals surface area contributed by atoms with Crippen molar-refractivity contribution < 1.29 is 51.1 Å². The number of nitrogens with one attached hydrogen (secondary N) is 1. The summed E-state index contributed by atoms with van der Waals surface area (Å²) in [5, 5.41) is 2.26. The van der Waals surface area contributed by atoms with E-state index >= 15 is 0 Å². The summed E-state index contributed by atoms with van der Waals surface area (Å²) < 4.78 is 57.3. The van der Waals surface area contributed by atoms with Crippen molar-refractivity contribution in [2.75, 3.05) is 26.4 Å². The van der Waals surface area contributed by atoms with Gasteiger partial charge in [0.05, 0.1) is 38.8 Å². The molecule has 0 aromatic heterocycles. The summed E-state index contributed by atoms with van der Waals surface area (Å²) in [7, 11) is -6.54. The molecule has 1 N–H and O–H groups in total. The molecule has 12 nitrogen and oxygen atoms in total. The molecular formula is C29H41NO11P2. The third-order valence-corrected chi connectivity index (χ3v) is 9.79. The highest BCUT2D eigenvalue weighted by atomic mass is 31.2. The van der Waals surface area contributed by atoms with Crippen LogP contribution in [0.4, 0.5) is 0 Å². The van der Waals surface area contributed by atoms with Gasteiger partial charge >= 0.3 is 27.1 Å². The summed E-state index contributed by atoms with van der Waals surface area (Å²) in [5.41, 5.74) is 2.64. The first-order chi connectivity index (χ1) is 20.5. The average Bonchev–Trinajstić information content (AvgIpc) is 2.95. The van der Waals surface area contributed by atoms with E-state index in [9.17, 15) is 23.5 Å². The second kappa shape index (κ2) is 18.1. The standard InChI is InChI=1S/C29H41NO11P2/c1-6-38-42(34,39-7-2)20-25-14-10-23(11-15-25)18-36-28(32)27(30-22(5)31)29(33)37-19-24-12-16-26(17-13-24)21-43(35,40-8-3)41-9-4/h10-17,27H,6-9,18-21H2,1-5H3,(H,30,31). The number of carbonyl (C=O) groups is 3. The predicted octanol–water partition coefficient (Wildman–Crippen LogP) is 5.51. The highest BCUT2D eigenvalue weighted by Crippen LogP contribution is 2.52. The maximum atomic E-state index is 12.8. The number of amides is 1. The fourth-order valence-corrected chi connectivity index (χ4v) is 7.27. The van der Waals surface area contributed by atoms with Gasteiger partial charge in [-0.05, 0) is 49.9 Å². The van der Waals surface area contributed by atoms with Crippen LogP contribution in [-0.4, -0.2) is 50.3 Å². The van der Waals surface area contributed by atoms with Crippen molar-refractivity contribution in [1.29, 1.82) is 0 Å². The molecule has 0 unspecified atom stereocenters. The molecule has 238 valence electrons. The molecular weight excluding hydrogens is 600 g/mol. The van der Waals surface area contributed by atoms with E-state index in [0.29, 0.717) is 22.3 Å². The lowest BCUT2D eigenvalue weighted by atomic mass is 10.1. The van der Waals surface area contributed by atoms with E-state index in [4.69, 9.17) is 27.6 Å². The summed E-state index contributed by atoms with van der Waals surface area (Å²) in [6.07, 6.45) is 0.185. The third-order valence-electron chi connectivity index (χ3n) is 5.68. The quantitative estimate of drug-likeness (QED) is 0.117. The Morgan fingerprint density at radius 1 is 0.605 bits per heavy atom. The van der Waals surface area contributed by atoms with E-state index in [1.54, 1.807) is 76.2 Å². The Labute approximate surface area is 252 Å². The van der Waals surface area contributed by atoms with Crippen molar-refractivity contribution in [1.82, 2.24) is 5.32 Å². The van der Waals surface area contributed by atoms with E-state index in [-0.39, 0.29) is 52.0 Å². The Morgan fingerprint density at radius 3 is 1.19 bits per heavy atom. The zero-order valence-electron chi connectivity index (χ0n) is 25.2. The van der Waals surface area contributed by atoms with Gasteiger partial charge in [-0.1, -0.05) is 48.5 Å². The van der Waals surface area contributed by atoms with Crippen LogP contribution in [0.3, 0.4) is 0 Å². The monoisotopic (exact) mass is 641 g/mol. The van der Waals surface area contributed by atoms with Crippen molar-refractivity contribution in [2.45, 2.75) is 66.2 Å². The van der Waals surface area contributed by atoms with E-state index in [1.807, 2.05) is 0 Å². The first-order valence-electron chi connectivity index (χ1n) is 14.0. The van der Waals surface area contributed by atoms with E-state index in [1.165, 1.54) is 0 Å². The molecule has 0 aliphatic carbocycles. The molecule has 2 aromatic rings. The molecule has 0 saturated heterocycles. The molecule has 2 rings (SSSR count). The number of esters is 2. The van der Waals surface area contributed by atoms with Gasteiger partial charge in [0.15, 0.2) is 0 Å². The van der Waals surface area contributed by atoms with Crippen molar-refractivity contribution in [2.24, 2.45) is 0 Å². The molecule has 14 heteroatoms. The average molecular weight is 642 g/mol.